The summed E-state index contributed by atoms with van der Waals surface area (Å²) in [6, 6.07) is 15.0. The third-order valence-corrected chi connectivity index (χ3v) is 4.04. The van der Waals surface area contributed by atoms with Crippen molar-refractivity contribution >= 4 is 17.4 Å². The van der Waals surface area contributed by atoms with Gasteiger partial charge in [0.1, 0.15) is 5.82 Å². The van der Waals surface area contributed by atoms with Crippen molar-refractivity contribution in [2.75, 3.05) is 11.9 Å². The van der Waals surface area contributed by atoms with E-state index in [2.05, 4.69) is 41.5 Å². The Bertz CT molecular complexity index is 596. The van der Waals surface area contributed by atoms with E-state index in [1.807, 2.05) is 18.2 Å². The standard InChI is InChI=1S/C17H20ClN3/c1-21(12-13-5-3-2-4-6-13)17-10-9-15(18)16(20-17)11-19-14-7-8-14/h2-6,9-10,14,19H,7-8,11-12H2,1H3. The van der Waals surface area contributed by atoms with Gasteiger partial charge in [0.2, 0.25) is 0 Å². The zero-order chi connectivity index (χ0) is 14.7. The predicted octanol–water partition coefficient (Wildman–Crippen LogP) is 3.62. The molecule has 0 spiro atoms. The minimum atomic E-state index is 0.661. The summed E-state index contributed by atoms with van der Waals surface area (Å²) >= 11 is 6.24. The molecule has 0 unspecified atom stereocenters. The molecule has 1 saturated carbocycles. The van der Waals surface area contributed by atoms with Gasteiger partial charge in [-0.1, -0.05) is 41.9 Å². The van der Waals surface area contributed by atoms with Crippen molar-refractivity contribution < 1.29 is 0 Å². The van der Waals surface area contributed by atoms with Gasteiger partial charge in [0.05, 0.1) is 10.7 Å². The first-order valence-corrected chi connectivity index (χ1v) is 7.74. The van der Waals surface area contributed by atoms with Crippen LogP contribution in [0, 0.1) is 0 Å². The fraction of sp³-hybridized carbons (Fsp3) is 0.353. The molecule has 1 fully saturated rings. The number of benzene rings is 1. The lowest BCUT2D eigenvalue weighted by Crippen LogP contribution is -2.20. The molecule has 1 aromatic heterocycles. The molecule has 2 aromatic rings. The number of nitrogens with one attached hydrogen (secondary N) is 1. The van der Waals surface area contributed by atoms with E-state index in [-0.39, 0.29) is 0 Å². The highest BCUT2D eigenvalue weighted by atomic mass is 35.5. The highest BCUT2D eigenvalue weighted by Crippen LogP contribution is 2.23. The van der Waals surface area contributed by atoms with Gasteiger partial charge in [0.15, 0.2) is 0 Å². The fourth-order valence-corrected chi connectivity index (χ4v) is 2.45. The Balaban J connectivity index is 1.69. The number of aromatic nitrogens is 1. The Morgan fingerprint density at radius 3 is 2.67 bits per heavy atom. The lowest BCUT2D eigenvalue weighted by molar-refractivity contribution is 0.673. The van der Waals surface area contributed by atoms with E-state index >= 15 is 0 Å². The third kappa shape index (κ3) is 3.96. The van der Waals surface area contributed by atoms with Gasteiger partial charge in [0.25, 0.3) is 0 Å². The molecular weight excluding hydrogens is 282 g/mol. The average Bonchev–Trinajstić information content (AvgIpc) is 3.31. The highest BCUT2D eigenvalue weighted by Gasteiger charge is 2.20. The van der Waals surface area contributed by atoms with Crippen LogP contribution in [0.15, 0.2) is 42.5 Å². The number of pyridine rings is 1. The summed E-state index contributed by atoms with van der Waals surface area (Å²) in [5, 5.41) is 4.20. The summed E-state index contributed by atoms with van der Waals surface area (Å²) in [5.74, 6) is 0.954. The normalized spacial score (nSPS) is 14.2. The van der Waals surface area contributed by atoms with Crippen LogP contribution in [0.1, 0.15) is 24.1 Å². The van der Waals surface area contributed by atoms with E-state index in [1.165, 1.54) is 18.4 Å². The molecule has 1 heterocycles. The van der Waals surface area contributed by atoms with Gasteiger partial charge >= 0.3 is 0 Å². The molecule has 0 saturated heterocycles. The number of anilines is 1. The van der Waals surface area contributed by atoms with E-state index in [1.54, 1.807) is 0 Å². The maximum absolute atomic E-state index is 6.24. The second kappa shape index (κ2) is 6.46. The molecule has 1 N–H and O–H groups in total. The number of nitrogens with zero attached hydrogens (tertiary/aromatic N) is 2. The van der Waals surface area contributed by atoms with Crippen LogP contribution in [-0.2, 0) is 13.1 Å². The van der Waals surface area contributed by atoms with Crippen molar-refractivity contribution in [3.8, 4) is 0 Å². The van der Waals surface area contributed by atoms with Crippen molar-refractivity contribution in [3.63, 3.8) is 0 Å². The maximum atomic E-state index is 6.24. The Labute approximate surface area is 131 Å². The van der Waals surface area contributed by atoms with Gasteiger partial charge in [-0.15, -0.1) is 0 Å². The smallest absolute Gasteiger partial charge is 0.129 e. The summed E-state index contributed by atoms with van der Waals surface area (Å²) < 4.78 is 0. The van der Waals surface area contributed by atoms with E-state index in [0.717, 1.165) is 29.6 Å². The topological polar surface area (TPSA) is 28.2 Å². The van der Waals surface area contributed by atoms with Gasteiger partial charge in [-0.25, -0.2) is 4.98 Å². The summed E-state index contributed by atoms with van der Waals surface area (Å²) in [5.41, 5.74) is 2.20. The third-order valence-electron chi connectivity index (χ3n) is 3.69. The summed E-state index contributed by atoms with van der Waals surface area (Å²) in [4.78, 5) is 6.84. The van der Waals surface area contributed by atoms with Crippen molar-refractivity contribution in [2.45, 2.75) is 32.0 Å². The number of halogens is 1. The molecule has 110 valence electrons. The first kappa shape index (κ1) is 14.4. The van der Waals surface area contributed by atoms with Crippen LogP contribution in [0.4, 0.5) is 5.82 Å². The van der Waals surface area contributed by atoms with Gasteiger partial charge in [-0.05, 0) is 30.5 Å². The first-order chi connectivity index (χ1) is 10.2. The van der Waals surface area contributed by atoms with Crippen LogP contribution in [-0.4, -0.2) is 18.1 Å². The maximum Gasteiger partial charge on any atom is 0.129 e. The average molecular weight is 302 g/mol. The molecule has 0 radical (unpaired) electrons. The molecule has 0 amide bonds. The Morgan fingerprint density at radius 2 is 1.95 bits per heavy atom. The molecule has 3 nitrogen and oxygen atoms in total. The zero-order valence-corrected chi connectivity index (χ0v) is 13.0. The number of rotatable bonds is 6. The largest absolute Gasteiger partial charge is 0.355 e. The molecule has 1 aromatic carbocycles. The van der Waals surface area contributed by atoms with Crippen LogP contribution < -0.4 is 10.2 Å². The van der Waals surface area contributed by atoms with Crippen LogP contribution in [0.25, 0.3) is 0 Å². The molecule has 0 bridgehead atoms. The van der Waals surface area contributed by atoms with Crippen LogP contribution in [0.2, 0.25) is 5.02 Å². The van der Waals surface area contributed by atoms with Crippen molar-refractivity contribution in [3.05, 3.63) is 58.7 Å². The SMILES string of the molecule is CN(Cc1ccccc1)c1ccc(Cl)c(CNC2CC2)n1. The zero-order valence-electron chi connectivity index (χ0n) is 12.2. The molecule has 1 aliphatic carbocycles. The summed E-state index contributed by atoms with van der Waals surface area (Å²) in [6.45, 7) is 1.58. The van der Waals surface area contributed by atoms with E-state index in [0.29, 0.717) is 6.04 Å². The Kier molecular flexibility index (Phi) is 4.42. The molecule has 3 rings (SSSR count). The monoisotopic (exact) mass is 301 g/mol. The van der Waals surface area contributed by atoms with Crippen LogP contribution >= 0.6 is 11.6 Å². The summed E-state index contributed by atoms with van der Waals surface area (Å²) in [6.07, 6.45) is 2.54. The van der Waals surface area contributed by atoms with Crippen molar-refractivity contribution in [1.29, 1.82) is 0 Å². The second-order valence-corrected chi connectivity index (χ2v) is 6.00. The first-order valence-electron chi connectivity index (χ1n) is 7.36. The number of hydrogen-bond donors (Lipinski definition) is 1. The van der Waals surface area contributed by atoms with Crippen molar-refractivity contribution in [1.82, 2.24) is 10.3 Å². The minimum Gasteiger partial charge on any atom is -0.355 e. The number of hydrogen-bond acceptors (Lipinski definition) is 3. The van der Waals surface area contributed by atoms with Gasteiger partial charge < -0.3 is 10.2 Å². The fourth-order valence-electron chi connectivity index (χ4n) is 2.28. The highest BCUT2D eigenvalue weighted by molar-refractivity contribution is 6.31. The van der Waals surface area contributed by atoms with Gasteiger partial charge in [0, 0.05) is 26.2 Å². The summed E-state index contributed by atoms with van der Waals surface area (Å²) in [7, 11) is 2.06. The molecule has 4 heteroatoms. The molecule has 0 aliphatic heterocycles. The quantitative estimate of drug-likeness (QED) is 0.883. The second-order valence-electron chi connectivity index (χ2n) is 5.59. The van der Waals surface area contributed by atoms with Crippen LogP contribution in [0.5, 0.6) is 0 Å². The Morgan fingerprint density at radius 1 is 1.19 bits per heavy atom. The molecule has 21 heavy (non-hydrogen) atoms. The van der Waals surface area contributed by atoms with Crippen molar-refractivity contribution in [2.24, 2.45) is 0 Å². The minimum absolute atomic E-state index is 0.661. The molecular formula is C17H20ClN3. The predicted molar refractivity (Wildman–Crippen MR) is 87.7 cm³/mol. The Hall–Kier alpha value is -1.58. The lowest BCUT2D eigenvalue weighted by Gasteiger charge is -2.19. The van der Waals surface area contributed by atoms with E-state index < -0.39 is 0 Å². The van der Waals surface area contributed by atoms with E-state index in [4.69, 9.17) is 16.6 Å². The molecule has 1 aliphatic rings. The molecule has 0 atom stereocenters. The van der Waals surface area contributed by atoms with Gasteiger partial charge in [-0.2, -0.15) is 0 Å². The van der Waals surface area contributed by atoms with Gasteiger partial charge in [-0.3, -0.25) is 0 Å². The van der Waals surface area contributed by atoms with E-state index in [9.17, 15) is 0 Å². The van der Waals surface area contributed by atoms with Crippen LogP contribution in [0.3, 0.4) is 0 Å². The lowest BCUT2D eigenvalue weighted by atomic mass is 10.2.